The van der Waals surface area contributed by atoms with E-state index in [2.05, 4.69) is 12.6 Å². The van der Waals surface area contributed by atoms with Crippen LogP contribution in [0.5, 0.6) is 0 Å². The van der Waals surface area contributed by atoms with Crippen LogP contribution in [0.25, 0.3) is 0 Å². The summed E-state index contributed by atoms with van der Waals surface area (Å²) >= 11 is 4.04. The van der Waals surface area contributed by atoms with E-state index in [4.69, 9.17) is 0 Å². The van der Waals surface area contributed by atoms with Crippen LogP contribution in [0.3, 0.4) is 0 Å². The van der Waals surface area contributed by atoms with Crippen LogP contribution in [0.4, 0.5) is 22.0 Å². The lowest BCUT2D eigenvalue weighted by molar-refractivity contribution is -0.214. The summed E-state index contributed by atoms with van der Waals surface area (Å²) in [4.78, 5) is 0. The van der Waals surface area contributed by atoms with Crippen molar-refractivity contribution in [3.8, 4) is 0 Å². The van der Waals surface area contributed by atoms with Crippen molar-refractivity contribution in [1.29, 1.82) is 0 Å². The Balaban J connectivity index is 2.70. The molecule has 1 aliphatic rings. The summed E-state index contributed by atoms with van der Waals surface area (Å²) in [6.07, 6.45) is -5.89. The topological polar surface area (TPSA) is 0 Å². The van der Waals surface area contributed by atoms with Gasteiger partial charge in [-0.1, -0.05) is 6.92 Å². The number of thiol groups is 1. The van der Waals surface area contributed by atoms with Gasteiger partial charge in [0.2, 0.25) is 5.92 Å². The zero-order valence-electron chi connectivity index (χ0n) is 8.90. The van der Waals surface area contributed by atoms with Gasteiger partial charge in [0.05, 0.1) is 5.92 Å². The second-order valence-corrected chi connectivity index (χ2v) is 5.57. The van der Waals surface area contributed by atoms with Crippen molar-refractivity contribution in [2.24, 2.45) is 11.8 Å². The van der Waals surface area contributed by atoms with Crippen molar-refractivity contribution in [3.05, 3.63) is 0 Å². The minimum atomic E-state index is -4.51. The fourth-order valence-electron chi connectivity index (χ4n) is 2.35. The monoisotopic (exact) mass is 262 g/mol. The fraction of sp³-hybridized carbons (Fsp3) is 1.00. The van der Waals surface area contributed by atoms with Gasteiger partial charge < -0.3 is 0 Å². The molecule has 0 amide bonds. The van der Waals surface area contributed by atoms with Crippen LogP contribution in [0.1, 0.15) is 32.6 Å². The van der Waals surface area contributed by atoms with Crippen LogP contribution in [0.15, 0.2) is 0 Å². The van der Waals surface area contributed by atoms with Gasteiger partial charge in [-0.15, -0.1) is 0 Å². The highest BCUT2D eigenvalue weighted by molar-refractivity contribution is 7.80. The number of rotatable bonds is 2. The Kier molecular flexibility index (Phi) is 4.13. The van der Waals surface area contributed by atoms with E-state index in [1.807, 2.05) is 0 Å². The van der Waals surface area contributed by atoms with Crippen LogP contribution < -0.4 is 0 Å². The molecule has 1 rings (SSSR count). The summed E-state index contributed by atoms with van der Waals surface area (Å²) in [5.74, 6) is -5.64. The average molecular weight is 262 g/mol. The largest absolute Gasteiger partial charge is 0.392 e. The predicted octanol–water partition coefficient (Wildman–Crippen LogP) is 4.31. The molecule has 0 aliphatic heterocycles. The van der Waals surface area contributed by atoms with E-state index in [9.17, 15) is 22.0 Å². The maximum Gasteiger partial charge on any atom is 0.392 e. The lowest BCUT2D eigenvalue weighted by Crippen LogP contribution is -2.39. The van der Waals surface area contributed by atoms with Crippen LogP contribution in [-0.2, 0) is 0 Å². The summed E-state index contributed by atoms with van der Waals surface area (Å²) in [5.41, 5.74) is 0. The molecule has 0 radical (unpaired) electrons. The standard InChI is InChI=1S/C10H15F5S/c1-6(16)2-7-3-8(10(13,14)15)5-9(11,12)4-7/h6-8,16H,2-5H2,1H3/t6?,7-,8+/m1/s1. The van der Waals surface area contributed by atoms with Crippen LogP contribution >= 0.6 is 12.6 Å². The average Bonchev–Trinajstić information content (AvgIpc) is 1.97. The second kappa shape index (κ2) is 4.70. The quantitative estimate of drug-likeness (QED) is 0.556. The highest BCUT2D eigenvalue weighted by Gasteiger charge is 2.51. The molecule has 0 aromatic carbocycles. The van der Waals surface area contributed by atoms with Gasteiger partial charge in [0.25, 0.3) is 0 Å². The van der Waals surface area contributed by atoms with Gasteiger partial charge in [-0.05, 0) is 24.0 Å². The minimum absolute atomic E-state index is 0.146. The molecular weight excluding hydrogens is 247 g/mol. The summed E-state index contributed by atoms with van der Waals surface area (Å²) < 4.78 is 63.6. The van der Waals surface area contributed by atoms with Gasteiger partial charge in [0.15, 0.2) is 0 Å². The normalized spacial score (nSPS) is 32.4. The number of halogens is 5. The molecule has 1 aliphatic carbocycles. The van der Waals surface area contributed by atoms with Gasteiger partial charge in [-0.2, -0.15) is 25.8 Å². The molecular formula is C10H15F5S. The Morgan fingerprint density at radius 2 is 1.88 bits per heavy atom. The van der Waals surface area contributed by atoms with Crippen molar-refractivity contribution in [1.82, 2.24) is 0 Å². The van der Waals surface area contributed by atoms with Crippen molar-refractivity contribution in [3.63, 3.8) is 0 Å². The van der Waals surface area contributed by atoms with E-state index in [1.54, 1.807) is 6.92 Å². The van der Waals surface area contributed by atoms with Crippen molar-refractivity contribution < 1.29 is 22.0 Å². The Hall–Kier alpha value is -0.0000000000000000555. The summed E-state index contributed by atoms with van der Waals surface area (Å²) in [6, 6.07) is 0. The Labute approximate surface area is 97.0 Å². The van der Waals surface area contributed by atoms with Crippen LogP contribution in [-0.4, -0.2) is 17.3 Å². The second-order valence-electron chi connectivity index (χ2n) is 4.69. The van der Waals surface area contributed by atoms with Gasteiger partial charge in [0, 0.05) is 12.8 Å². The first-order chi connectivity index (χ1) is 7.10. The molecule has 1 fully saturated rings. The van der Waals surface area contributed by atoms with Crippen LogP contribution in [0.2, 0.25) is 0 Å². The molecule has 0 aromatic rings. The number of alkyl halides is 5. The van der Waals surface area contributed by atoms with E-state index in [1.165, 1.54) is 0 Å². The fourth-order valence-corrected chi connectivity index (χ4v) is 2.64. The molecule has 0 N–H and O–H groups in total. The van der Waals surface area contributed by atoms with Crippen molar-refractivity contribution in [2.75, 3.05) is 0 Å². The molecule has 0 bridgehead atoms. The minimum Gasteiger partial charge on any atom is -0.207 e. The SMILES string of the molecule is CC(S)C[C@@H]1C[C@H](C(F)(F)F)CC(F)(F)C1. The summed E-state index contributed by atoms with van der Waals surface area (Å²) in [6.45, 7) is 1.71. The Morgan fingerprint density at radius 1 is 1.31 bits per heavy atom. The first-order valence-corrected chi connectivity index (χ1v) is 5.74. The van der Waals surface area contributed by atoms with Gasteiger partial charge in [0.1, 0.15) is 0 Å². The van der Waals surface area contributed by atoms with E-state index >= 15 is 0 Å². The van der Waals surface area contributed by atoms with E-state index in [0.717, 1.165) is 0 Å². The molecule has 16 heavy (non-hydrogen) atoms. The molecule has 96 valence electrons. The van der Waals surface area contributed by atoms with Crippen molar-refractivity contribution in [2.45, 2.75) is 50.0 Å². The molecule has 3 atom stereocenters. The summed E-state index contributed by atoms with van der Waals surface area (Å²) in [5, 5.41) is -0.146. The van der Waals surface area contributed by atoms with Crippen molar-refractivity contribution >= 4 is 12.6 Å². The van der Waals surface area contributed by atoms with Gasteiger partial charge >= 0.3 is 6.18 Å². The highest BCUT2D eigenvalue weighted by Crippen LogP contribution is 2.47. The lowest BCUT2D eigenvalue weighted by atomic mass is 9.77. The molecule has 0 spiro atoms. The molecule has 1 saturated carbocycles. The first-order valence-electron chi connectivity index (χ1n) is 5.23. The van der Waals surface area contributed by atoms with Gasteiger partial charge in [-0.3, -0.25) is 0 Å². The van der Waals surface area contributed by atoms with E-state index < -0.39 is 36.8 Å². The third kappa shape index (κ3) is 4.11. The molecule has 1 unspecified atom stereocenters. The van der Waals surface area contributed by atoms with Crippen LogP contribution in [0, 0.1) is 11.8 Å². The molecule has 0 saturated heterocycles. The Morgan fingerprint density at radius 3 is 2.31 bits per heavy atom. The third-order valence-corrected chi connectivity index (χ3v) is 3.10. The highest BCUT2D eigenvalue weighted by atomic mass is 32.1. The number of hydrogen-bond donors (Lipinski definition) is 1. The number of hydrogen-bond acceptors (Lipinski definition) is 1. The molecule has 0 heterocycles. The Bertz CT molecular complexity index is 236. The molecule has 0 aromatic heterocycles. The zero-order valence-corrected chi connectivity index (χ0v) is 9.79. The maximum absolute atomic E-state index is 13.2. The third-order valence-electron chi connectivity index (χ3n) is 2.89. The maximum atomic E-state index is 13.2. The lowest BCUT2D eigenvalue weighted by Gasteiger charge is -2.36. The molecule has 6 heteroatoms. The van der Waals surface area contributed by atoms with E-state index in [0.29, 0.717) is 6.42 Å². The molecule has 0 nitrogen and oxygen atoms in total. The smallest absolute Gasteiger partial charge is 0.207 e. The van der Waals surface area contributed by atoms with E-state index in [-0.39, 0.29) is 11.7 Å². The van der Waals surface area contributed by atoms with Gasteiger partial charge in [-0.25, -0.2) is 8.78 Å². The zero-order chi connectivity index (χ0) is 12.6. The summed E-state index contributed by atoms with van der Waals surface area (Å²) in [7, 11) is 0. The predicted molar refractivity (Wildman–Crippen MR) is 54.9 cm³/mol. The first kappa shape index (κ1) is 14.1.